The third kappa shape index (κ3) is 3.79. The quantitative estimate of drug-likeness (QED) is 0.546. The summed E-state index contributed by atoms with van der Waals surface area (Å²) in [6, 6.07) is 13.7. The lowest BCUT2D eigenvalue weighted by Gasteiger charge is -2.29. The maximum Gasteiger partial charge on any atom is 0.340 e. The standard InChI is InChI=1S/C25H26N2O5/c1-30-25(29)20-14-26(21-9-5-4-8-19(20)21)15-24(28)27(18-6-2-3-7-18)13-17-10-11-22-23(12-17)32-16-31-22/h4-5,8-12,14,18H,2-3,6-7,13,15-16H2,1H3. The molecule has 166 valence electrons. The number of para-hydroxylation sites is 1. The highest BCUT2D eigenvalue weighted by molar-refractivity contribution is 6.04. The molecule has 1 saturated carbocycles. The minimum Gasteiger partial charge on any atom is -0.465 e. The largest absolute Gasteiger partial charge is 0.465 e. The Morgan fingerprint density at radius 1 is 1.09 bits per heavy atom. The van der Waals surface area contributed by atoms with Crippen molar-refractivity contribution < 1.29 is 23.8 Å². The van der Waals surface area contributed by atoms with Gasteiger partial charge in [-0.3, -0.25) is 4.79 Å². The molecule has 5 rings (SSSR count). The normalized spacial score (nSPS) is 15.3. The van der Waals surface area contributed by atoms with E-state index in [0.29, 0.717) is 12.1 Å². The fourth-order valence-corrected chi connectivity index (χ4v) is 4.76. The van der Waals surface area contributed by atoms with E-state index in [1.165, 1.54) is 7.11 Å². The van der Waals surface area contributed by atoms with Crippen LogP contribution in [-0.2, 0) is 22.6 Å². The Morgan fingerprint density at radius 2 is 1.88 bits per heavy atom. The molecule has 1 aliphatic carbocycles. The van der Waals surface area contributed by atoms with E-state index in [0.717, 1.165) is 53.6 Å². The number of benzene rings is 2. The van der Waals surface area contributed by atoms with Crippen molar-refractivity contribution >= 4 is 22.8 Å². The molecule has 7 heteroatoms. The van der Waals surface area contributed by atoms with Gasteiger partial charge in [-0.1, -0.05) is 37.1 Å². The first-order valence-corrected chi connectivity index (χ1v) is 11.0. The van der Waals surface area contributed by atoms with Gasteiger partial charge in [0.25, 0.3) is 0 Å². The van der Waals surface area contributed by atoms with E-state index in [1.807, 2.05) is 51.9 Å². The molecule has 0 atom stereocenters. The molecular weight excluding hydrogens is 408 g/mol. The zero-order chi connectivity index (χ0) is 22.1. The van der Waals surface area contributed by atoms with Crippen molar-refractivity contribution in [1.82, 2.24) is 9.47 Å². The molecule has 1 aromatic heterocycles. The minimum absolute atomic E-state index is 0.0340. The number of nitrogens with zero attached hydrogens (tertiary/aromatic N) is 2. The topological polar surface area (TPSA) is 70.0 Å². The van der Waals surface area contributed by atoms with Crippen molar-refractivity contribution in [2.75, 3.05) is 13.9 Å². The van der Waals surface area contributed by atoms with Crippen molar-refractivity contribution in [2.45, 2.75) is 44.8 Å². The Kier molecular flexibility index (Phi) is 5.47. The third-order valence-corrected chi connectivity index (χ3v) is 6.38. The van der Waals surface area contributed by atoms with Gasteiger partial charge in [-0.15, -0.1) is 0 Å². The SMILES string of the molecule is COC(=O)c1cn(CC(=O)N(Cc2ccc3c(c2)OCO3)C2CCCC2)c2ccccc12. The molecule has 2 aromatic carbocycles. The summed E-state index contributed by atoms with van der Waals surface area (Å²) in [5.41, 5.74) is 2.33. The second-order valence-corrected chi connectivity index (χ2v) is 8.33. The van der Waals surface area contributed by atoms with Crippen LogP contribution < -0.4 is 9.47 Å². The smallest absolute Gasteiger partial charge is 0.340 e. The summed E-state index contributed by atoms with van der Waals surface area (Å²) in [6.45, 7) is 0.912. The van der Waals surface area contributed by atoms with Crippen LogP contribution in [-0.4, -0.2) is 41.3 Å². The molecule has 2 heterocycles. The Morgan fingerprint density at radius 3 is 2.69 bits per heavy atom. The molecule has 0 spiro atoms. The second-order valence-electron chi connectivity index (χ2n) is 8.33. The van der Waals surface area contributed by atoms with Crippen LogP contribution in [0, 0.1) is 0 Å². The summed E-state index contributed by atoms with van der Waals surface area (Å²) >= 11 is 0. The minimum atomic E-state index is -0.402. The van der Waals surface area contributed by atoms with Crippen LogP contribution in [0.2, 0.25) is 0 Å². The Hall–Kier alpha value is -3.48. The van der Waals surface area contributed by atoms with Crippen LogP contribution in [0.4, 0.5) is 0 Å². The van der Waals surface area contributed by atoms with Gasteiger partial charge in [0.15, 0.2) is 11.5 Å². The van der Waals surface area contributed by atoms with Gasteiger partial charge in [-0.2, -0.15) is 0 Å². The number of fused-ring (bicyclic) bond motifs is 2. The first kappa shape index (κ1) is 20.4. The third-order valence-electron chi connectivity index (χ3n) is 6.38. The molecule has 32 heavy (non-hydrogen) atoms. The number of hydrogen-bond donors (Lipinski definition) is 0. The zero-order valence-corrected chi connectivity index (χ0v) is 18.1. The highest BCUT2D eigenvalue weighted by atomic mass is 16.7. The number of carbonyl (C=O) groups excluding carboxylic acids is 2. The number of amides is 1. The molecular formula is C25H26N2O5. The van der Waals surface area contributed by atoms with E-state index in [-0.39, 0.29) is 25.3 Å². The van der Waals surface area contributed by atoms with Crippen molar-refractivity contribution in [1.29, 1.82) is 0 Å². The van der Waals surface area contributed by atoms with Crippen LogP contribution in [0.1, 0.15) is 41.6 Å². The second kappa shape index (κ2) is 8.57. The summed E-state index contributed by atoms with van der Waals surface area (Å²) in [7, 11) is 1.37. The molecule has 0 saturated heterocycles. The molecule has 1 fully saturated rings. The molecule has 2 aliphatic rings. The molecule has 0 bridgehead atoms. The van der Waals surface area contributed by atoms with E-state index in [2.05, 4.69) is 0 Å². The number of hydrogen-bond acceptors (Lipinski definition) is 5. The van der Waals surface area contributed by atoms with E-state index in [1.54, 1.807) is 6.20 Å². The van der Waals surface area contributed by atoms with Crippen LogP contribution in [0.3, 0.4) is 0 Å². The maximum absolute atomic E-state index is 13.6. The van der Waals surface area contributed by atoms with Gasteiger partial charge in [0.05, 0.1) is 12.7 Å². The van der Waals surface area contributed by atoms with Gasteiger partial charge < -0.3 is 23.7 Å². The number of carbonyl (C=O) groups is 2. The van der Waals surface area contributed by atoms with Gasteiger partial charge in [-0.25, -0.2) is 4.79 Å². The monoisotopic (exact) mass is 434 g/mol. The summed E-state index contributed by atoms with van der Waals surface area (Å²) in [5.74, 6) is 1.09. The first-order valence-electron chi connectivity index (χ1n) is 11.0. The lowest BCUT2D eigenvalue weighted by atomic mass is 10.1. The van der Waals surface area contributed by atoms with Gasteiger partial charge in [0.2, 0.25) is 12.7 Å². The zero-order valence-electron chi connectivity index (χ0n) is 18.1. The van der Waals surface area contributed by atoms with E-state index in [9.17, 15) is 9.59 Å². The average Bonchev–Trinajstić information content (AvgIpc) is 3.57. The molecule has 7 nitrogen and oxygen atoms in total. The highest BCUT2D eigenvalue weighted by Gasteiger charge is 2.28. The first-order chi connectivity index (χ1) is 15.6. The van der Waals surface area contributed by atoms with Gasteiger partial charge >= 0.3 is 5.97 Å². The van der Waals surface area contributed by atoms with Crippen LogP contribution in [0.25, 0.3) is 10.9 Å². The number of methoxy groups -OCH3 is 1. The Balaban J connectivity index is 1.43. The average molecular weight is 434 g/mol. The fraction of sp³-hybridized carbons (Fsp3) is 0.360. The summed E-state index contributed by atoms with van der Waals surface area (Å²) in [5, 5.41) is 0.787. The molecule has 1 aliphatic heterocycles. The fourth-order valence-electron chi connectivity index (χ4n) is 4.76. The number of ether oxygens (including phenoxy) is 3. The van der Waals surface area contributed by atoms with Crippen LogP contribution >= 0.6 is 0 Å². The van der Waals surface area contributed by atoms with E-state index >= 15 is 0 Å². The predicted molar refractivity (Wildman–Crippen MR) is 119 cm³/mol. The van der Waals surface area contributed by atoms with Crippen molar-refractivity contribution in [3.05, 3.63) is 59.8 Å². The predicted octanol–water partition coefficient (Wildman–Crippen LogP) is 4.13. The maximum atomic E-state index is 13.6. The van der Waals surface area contributed by atoms with Crippen LogP contribution in [0.15, 0.2) is 48.7 Å². The lowest BCUT2D eigenvalue weighted by molar-refractivity contribution is -0.134. The number of esters is 1. The van der Waals surface area contributed by atoms with Gasteiger partial charge in [-0.05, 0) is 36.6 Å². The van der Waals surface area contributed by atoms with Crippen molar-refractivity contribution in [3.8, 4) is 11.5 Å². The lowest BCUT2D eigenvalue weighted by Crippen LogP contribution is -2.40. The molecule has 0 radical (unpaired) electrons. The van der Waals surface area contributed by atoms with E-state index in [4.69, 9.17) is 14.2 Å². The summed E-state index contributed by atoms with van der Waals surface area (Å²) in [4.78, 5) is 27.8. The highest BCUT2D eigenvalue weighted by Crippen LogP contribution is 2.34. The molecule has 1 amide bonds. The Bertz CT molecular complexity index is 1160. The van der Waals surface area contributed by atoms with E-state index < -0.39 is 5.97 Å². The Labute approximate surface area is 186 Å². The van der Waals surface area contributed by atoms with Crippen molar-refractivity contribution in [3.63, 3.8) is 0 Å². The molecule has 0 unspecified atom stereocenters. The van der Waals surface area contributed by atoms with Crippen molar-refractivity contribution in [2.24, 2.45) is 0 Å². The summed E-state index contributed by atoms with van der Waals surface area (Å²) < 4.78 is 17.7. The number of rotatable bonds is 6. The van der Waals surface area contributed by atoms with Gasteiger partial charge in [0.1, 0.15) is 6.54 Å². The molecule has 0 N–H and O–H groups in total. The van der Waals surface area contributed by atoms with Crippen LogP contribution in [0.5, 0.6) is 11.5 Å². The molecule has 3 aromatic rings. The number of aromatic nitrogens is 1. The van der Waals surface area contributed by atoms with Gasteiger partial charge in [0, 0.05) is 29.7 Å². The summed E-state index contributed by atoms with van der Waals surface area (Å²) in [6.07, 6.45) is 6.01.